The number of rotatable bonds is 4. The highest BCUT2D eigenvalue weighted by Gasteiger charge is 2.04. The highest BCUT2D eigenvalue weighted by Crippen LogP contribution is 2.09. The smallest absolute Gasteiger partial charge is 0.114 e. The zero-order valence-corrected chi connectivity index (χ0v) is 6.38. The van der Waals surface area contributed by atoms with Gasteiger partial charge < -0.3 is 5.11 Å². The minimum atomic E-state index is -0.588. The number of terminal acetylenes is 1. The molecule has 56 valence electrons. The number of aliphatic hydroxyl groups is 1. The first-order valence-electron chi connectivity index (χ1n) is 3.45. The number of hydrogen-bond donors (Lipinski definition) is 1. The molecule has 0 aromatic carbocycles. The molecular weight excluding hydrogens is 124 g/mol. The molecule has 0 aliphatic rings. The Kier molecular flexibility index (Phi) is 4.70. The van der Waals surface area contributed by atoms with E-state index in [1.165, 1.54) is 0 Å². The van der Waals surface area contributed by atoms with Crippen LogP contribution in [-0.4, -0.2) is 11.2 Å². The molecular formula is C9H14O. The van der Waals surface area contributed by atoms with Gasteiger partial charge in [0.2, 0.25) is 0 Å². The molecule has 0 spiro atoms. The van der Waals surface area contributed by atoms with Gasteiger partial charge in [-0.25, -0.2) is 0 Å². The van der Waals surface area contributed by atoms with Crippen LogP contribution in [0.4, 0.5) is 0 Å². The lowest BCUT2D eigenvalue weighted by Gasteiger charge is -2.08. The van der Waals surface area contributed by atoms with Gasteiger partial charge in [-0.3, -0.25) is 0 Å². The Labute approximate surface area is 62.8 Å². The van der Waals surface area contributed by atoms with Crippen LogP contribution in [-0.2, 0) is 0 Å². The van der Waals surface area contributed by atoms with Crippen molar-refractivity contribution in [3.8, 4) is 12.3 Å². The SMILES string of the molecule is C#CC(O)CC(C)CC=C. The van der Waals surface area contributed by atoms with Crippen LogP contribution in [0.15, 0.2) is 12.7 Å². The molecule has 0 amide bonds. The molecule has 0 heterocycles. The first kappa shape index (κ1) is 9.26. The fourth-order valence-corrected chi connectivity index (χ4v) is 0.830. The fraction of sp³-hybridized carbons (Fsp3) is 0.556. The molecule has 0 aliphatic heterocycles. The topological polar surface area (TPSA) is 20.2 Å². The second-order valence-electron chi connectivity index (χ2n) is 2.55. The van der Waals surface area contributed by atoms with Gasteiger partial charge in [-0.2, -0.15) is 0 Å². The maximum atomic E-state index is 8.98. The van der Waals surface area contributed by atoms with Gasteiger partial charge in [-0.1, -0.05) is 18.9 Å². The van der Waals surface area contributed by atoms with Crippen LogP contribution in [0.3, 0.4) is 0 Å². The van der Waals surface area contributed by atoms with Gasteiger partial charge in [0, 0.05) is 0 Å². The molecule has 0 aromatic heterocycles. The van der Waals surface area contributed by atoms with Crippen molar-refractivity contribution >= 4 is 0 Å². The second-order valence-corrected chi connectivity index (χ2v) is 2.55. The minimum Gasteiger partial charge on any atom is -0.380 e. The van der Waals surface area contributed by atoms with Crippen molar-refractivity contribution in [1.82, 2.24) is 0 Å². The van der Waals surface area contributed by atoms with Crippen molar-refractivity contribution in [2.75, 3.05) is 0 Å². The lowest BCUT2D eigenvalue weighted by molar-refractivity contribution is 0.200. The maximum absolute atomic E-state index is 8.98. The Hall–Kier alpha value is -0.740. The molecule has 2 atom stereocenters. The lowest BCUT2D eigenvalue weighted by Crippen LogP contribution is -2.08. The Balaban J connectivity index is 3.48. The Morgan fingerprint density at radius 1 is 1.80 bits per heavy atom. The van der Waals surface area contributed by atoms with E-state index < -0.39 is 6.10 Å². The first-order valence-corrected chi connectivity index (χ1v) is 3.45. The van der Waals surface area contributed by atoms with E-state index in [-0.39, 0.29) is 0 Å². The predicted octanol–water partition coefficient (Wildman–Crippen LogP) is 1.58. The molecule has 1 N–H and O–H groups in total. The summed E-state index contributed by atoms with van der Waals surface area (Å²) in [4.78, 5) is 0. The standard InChI is InChI=1S/C9H14O/c1-4-6-8(3)7-9(10)5-2/h2,4,8-10H,1,6-7H2,3H3. The summed E-state index contributed by atoms with van der Waals surface area (Å²) < 4.78 is 0. The van der Waals surface area contributed by atoms with Crippen molar-refractivity contribution in [3.63, 3.8) is 0 Å². The third-order valence-corrected chi connectivity index (χ3v) is 1.39. The van der Waals surface area contributed by atoms with Crippen molar-refractivity contribution < 1.29 is 5.11 Å². The number of aliphatic hydroxyl groups excluding tert-OH is 1. The van der Waals surface area contributed by atoms with Gasteiger partial charge in [0.15, 0.2) is 0 Å². The molecule has 0 radical (unpaired) electrons. The highest BCUT2D eigenvalue weighted by atomic mass is 16.3. The Morgan fingerprint density at radius 3 is 2.80 bits per heavy atom. The van der Waals surface area contributed by atoms with Gasteiger partial charge in [0.05, 0.1) is 0 Å². The monoisotopic (exact) mass is 138 g/mol. The van der Waals surface area contributed by atoms with Crippen LogP contribution in [0.25, 0.3) is 0 Å². The summed E-state index contributed by atoms with van der Waals surface area (Å²) in [6.07, 6.45) is 7.83. The summed E-state index contributed by atoms with van der Waals surface area (Å²) in [5.41, 5.74) is 0. The van der Waals surface area contributed by atoms with Crippen molar-refractivity contribution in [1.29, 1.82) is 0 Å². The van der Waals surface area contributed by atoms with Crippen LogP contribution in [0.1, 0.15) is 19.8 Å². The maximum Gasteiger partial charge on any atom is 0.114 e. The van der Waals surface area contributed by atoms with Gasteiger partial charge in [0.1, 0.15) is 6.10 Å². The van der Waals surface area contributed by atoms with E-state index >= 15 is 0 Å². The van der Waals surface area contributed by atoms with E-state index in [2.05, 4.69) is 12.5 Å². The molecule has 0 saturated carbocycles. The Morgan fingerprint density at radius 2 is 2.40 bits per heavy atom. The summed E-state index contributed by atoms with van der Waals surface area (Å²) >= 11 is 0. The van der Waals surface area contributed by atoms with E-state index in [4.69, 9.17) is 11.5 Å². The predicted molar refractivity (Wildman–Crippen MR) is 43.4 cm³/mol. The van der Waals surface area contributed by atoms with Crippen LogP contribution in [0.5, 0.6) is 0 Å². The van der Waals surface area contributed by atoms with E-state index in [0.717, 1.165) is 6.42 Å². The van der Waals surface area contributed by atoms with Crippen molar-refractivity contribution in [3.05, 3.63) is 12.7 Å². The van der Waals surface area contributed by atoms with Crippen LogP contribution < -0.4 is 0 Å². The first-order chi connectivity index (χ1) is 4.70. The normalized spacial score (nSPS) is 15.3. The summed E-state index contributed by atoms with van der Waals surface area (Å²) in [7, 11) is 0. The van der Waals surface area contributed by atoms with E-state index in [1.54, 1.807) is 0 Å². The minimum absolute atomic E-state index is 0.434. The molecule has 0 saturated heterocycles. The fourth-order valence-electron chi connectivity index (χ4n) is 0.830. The van der Waals surface area contributed by atoms with E-state index in [1.807, 2.05) is 13.0 Å². The Bertz CT molecular complexity index is 132. The lowest BCUT2D eigenvalue weighted by atomic mass is 10.0. The van der Waals surface area contributed by atoms with Crippen LogP contribution in [0.2, 0.25) is 0 Å². The van der Waals surface area contributed by atoms with Gasteiger partial charge >= 0.3 is 0 Å². The largest absolute Gasteiger partial charge is 0.380 e. The van der Waals surface area contributed by atoms with Gasteiger partial charge in [-0.15, -0.1) is 13.0 Å². The average molecular weight is 138 g/mol. The van der Waals surface area contributed by atoms with Gasteiger partial charge in [0.25, 0.3) is 0 Å². The molecule has 0 fully saturated rings. The van der Waals surface area contributed by atoms with Crippen molar-refractivity contribution in [2.45, 2.75) is 25.9 Å². The highest BCUT2D eigenvalue weighted by molar-refractivity contribution is 4.94. The molecule has 2 unspecified atom stereocenters. The summed E-state index contributed by atoms with van der Waals surface area (Å²) in [5.74, 6) is 2.71. The van der Waals surface area contributed by atoms with Gasteiger partial charge in [-0.05, 0) is 18.8 Å². The molecule has 10 heavy (non-hydrogen) atoms. The molecule has 1 heteroatoms. The molecule has 0 bridgehead atoms. The average Bonchev–Trinajstić information content (AvgIpc) is 1.88. The molecule has 1 nitrogen and oxygen atoms in total. The summed E-state index contributed by atoms with van der Waals surface area (Å²) in [6.45, 7) is 5.64. The zero-order valence-electron chi connectivity index (χ0n) is 6.38. The number of allylic oxidation sites excluding steroid dienone is 1. The third kappa shape index (κ3) is 4.17. The second kappa shape index (κ2) is 5.08. The number of hydrogen-bond acceptors (Lipinski definition) is 1. The van der Waals surface area contributed by atoms with Crippen molar-refractivity contribution in [2.24, 2.45) is 5.92 Å². The van der Waals surface area contributed by atoms with Crippen LogP contribution >= 0.6 is 0 Å². The molecule has 0 rings (SSSR count). The van der Waals surface area contributed by atoms with Crippen LogP contribution in [0, 0.1) is 18.3 Å². The molecule has 0 aromatic rings. The van der Waals surface area contributed by atoms with E-state index in [9.17, 15) is 0 Å². The van der Waals surface area contributed by atoms with E-state index in [0.29, 0.717) is 12.3 Å². The summed E-state index contributed by atoms with van der Waals surface area (Å²) in [6, 6.07) is 0. The molecule has 0 aliphatic carbocycles. The zero-order chi connectivity index (χ0) is 7.98. The third-order valence-electron chi connectivity index (χ3n) is 1.39. The quantitative estimate of drug-likeness (QED) is 0.462. The summed E-state index contributed by atoms with van der Waals surface area (Å²) in [5, 5.41) is 8.98.